The van der Waals surface area contributed by atoms with Crippen LogP contribution in [0.5, 0.6) is 0 Å². The summed E-state index contributed by atoms with van der Waals surface area (Å²) in [7, 11) is 0. The normalized spacial score (nSPS) is 10.5. The van der Waals surface area contributed by atoms with Crippen molar-refractivity contribution in [3.63, 3.8) is 0 Å². The molecule has 0 saturated heterocycles. The molecule has 0 aromatic carbocycles. The van der Waals surface area contributed by atoms with Gasteiger partial charge in [0.1, 0.15) is 0 Å². The number of hydrogen-bond acceptors (Lipinski definition) is 2. The zero-order chi connectivity index (χ0) is 10.0. The highest BCUT2D eigenvalue weighted by molar-refractivity contribution is 14.1. The fourth-order valence-corrected chi connectivity index (χ4v) is 1.64. The molecule has 1 aromatic rings. The lowest BCUT2D eigenvalue weighted by atomic mass is 10.2. The van der Waals surface area contributed by atoms with Crippen molar-refractivity contribution in [1.82, 2.24) is 4.98 Å². The van der Waals surface area contributed by atoms with Gasteiger partial charge in [0.2, 0.25) is 0 Å². The molecular weight excluding hydrogens is 295 g/mol. The summed E-state index contributed by atoms with van der Waals surface area (Å²) in [5.74, 6) is 0. The molecule has 0 aliphatic rings. The molecule has 13 heavy (non-hydrogen) atoms. The summed E-state index contributed by atoms with van der Waals surface area (Å²) in [5, 5.41) is 0. The van der Waals surface area contributed by atoms with Crippen molar-refractivity contribution in [1.29, 1.82) is 0 Å². The van der Waals surface area contributed by atoms with Gasteiger partial charge in [0, 0.05) is 3.57 Å². The predicted octanol–water partition coefficient (Wildman–Crippen LogP) is 1.73. The lowest BCUT2D eigenvalue weighted by Gasteiger charge is -2.01. The smallest absolute Gasteiger partial charge is 0.270 e. The molecule has 0 saturated carbocycles. The lowest BCUT2D eigenvalue weighted by molar-refractivity contribution is 0.111. The van der Waals surface area contributed by atoms with Gasteiger partial charge in [-0.3, -0.25) is 9.59 Å². The Morgan fingerprint density at radius 1 is 1.54 bits per heavy atom. The second kappa shape index (κ2) is 3.95. The van der Waals surface area contributed by atoms with E-state index < -0.39 is 17.5 Å². The molecule has 0 radical (unpaired) electrons. The number of aromatic amines is 1. The van der Waals surface area contributed by atoms with Crippen molar-refractivity contribution in [2.75, 3.05) is 0 Å². The summed E-state index contributed by atoms with van der Waals surface area (Å²) < 4.78 is 24.5. The minimum Gasteiger partial charge on any atom is -0.319 e. The third-order valence-corrected chi connectivity index (χ3v) is 2.28. The van der Waals surface area contributed by atoms with E-state index in [2.05, 4.69) is 0 Å². The van der Waals surface area contributed by atoms with E-state index in [4.69, 9.17) is 0 Å². The molecule has 3 nitrogen and oxygen atoms in total. The molecule has 1 rings (SSSR count). The van der Waals surface area contributed by atoms with Crippen LogP contribution in [0.25, 0.3) is 0 Å². The third kappa shape index (κ3) is 2.11. The van der Waals surface area contributed by atoms with E-state index in [0.717, 1.165) is 0 Å². The van der Waals surface area contributed by atoms with Crippen LogP contribution in [0.4, 0.5) is 8.78 Å². The van der Waals surface area contributed by atoms with Crippen molar-refractivity contribution in [2.45, 2.75) is 6.43 Å². The van der Waals surface area contributed by atoms with Crippen molar-refractivity contribution in [2.24, 2.45) is 0 Å². The SMILES string of the molecule is O=Cc1cc(I)c(C(F)F)c(=O)[nH]1. The number of pyridine rings is 1. The second-order valence-corrected chi connectivity index (χ2v) is 3.40. The molecule has 0 spiro atoms. The van der Waals surface area contributed by atoms with Crippen LogP contribution >= 0.6 is 22.6 Å². The standard InChI is InChI=1S/C7H4F2INO2/c8-6(9)5-4(10)1-3(2-12)11-7(5)13/h1-2,6H,(H,11,13). The maximum absolute atomic E-state index is 12.2. The molecule has 70 valence electrons. The number of aromatic nitrogens is 1. The summed E-state index contributed by atoms with van der Waals surface area (Å²) >= 11 is 1.59. The van der Waals surface area contributed by atoms with Gasteiger partial charge in [0.05, 0.1) is 11.3 Å². The van der Waals surface area contributed by atoms with E-state index in [0.29, 0.717) is 6.29 Å². The number of H-pyrrole nitrogens is 1. The molecule has 0 bridgehead atoms. The van der Waals surface area contributed by atoms with Crippen molar-refractivity contribution in [3.05, 3.63) is 31.2 Å². The van der Waals surface area contributed by atoms with Gasteiger partial charge in [-0.05, 0) is 28.7 Å². The molecule has 0 aliphatic heterocycles. The molecule has 1 heterocycles. The molecule has 0 fully saturated rings. The lowest BCUT2D eigenvalue weighted by Crippen LogP contribution is -2.16. The van der Waals surface area contributed by atoms with Crippen LogP contribution in [0.3, 0.4) is 0 Å². The molecule has 0 amide bonds. The van der Waals surface area contributed by atoms with Crippen LogP contribution in [0.2, 0.25) is 0 Å². The Bertz CT molecular complexity index is 389. The van der Waals surface area contributed by atoms with Crippen LogP contribution in [0.15, 0.2) is 10.9 Å². The summed E-state index contributed by atoms with van der Waals surface area (Å²) in [6.07, 6.45) is -2.42. The third-order valence-electron chi connectivity index (χ3n) is 1.39. The Morgan fingerprint density at radius 3 is 2.54 bits per heavy atom. The van der Waals surface area contributed by atoms with E-state index in [-0.39, 0.29) is 9.26 Å². The zero-order valence-electron chi connectivity index (χ0n) is 6.18. The summed E-state index contributed by atoms with van der Waals surface area (Å²) in [6, 6.07) is 1.20. The van der Waals surface area contributed by atoms with Gasteiger partial charge in [-0.1, -0.05) is 0 Å². The number of halogens is 3. The largest absolute Gasteiger partial charge is 0.319 e. The first-order chi connectivity index (χ1) is 6.06. The fourth-order valence-electron chi connectivity index (χ4n) is 0.824. The van der Waals surface area contributed by atoms with Crippen LogP contribution in [-0.2, 0) is 0 Å². The molecule has 6 heteroatoms. The Morgan fingerprint density at radius 2 is 2.15 bits per heavy atom. The number of aldehydes is 1. The van der Waals surface area contributed by atoms with Crippen molar-refractivity contribution >= 4 is 28.9 Å². The number of carbonyl (C=O) groups is 1. The van der Waals surface area contributed by atoms with Crippen LogP contribution in [-0.4, -0.2) is 11.3 Å². The summed E-state index contributed by atoms with van der Waals surface area (Å²) in [4.78, 5) is 23.2. The number of hydrogen-bond donors (Lipinski definition) is 1. The fraction of sp³-hybridized carbons (Fsp3) is 0.143. The van der Waals surface area contributed by atoms with E-state index in [1.165, 1.54) is 6.07 Å². The average molecular weight is 299 g/mol. The van der Waals surface area contributed by atoms with Crippen LogP contribution in [0.1, 0.15) is 22.5 Å². The summed E-state index contributed by atoms with van der Waals surface area (Å²) in [5.41, 5.74) is -1.51. The minimum atomic E-state index is -2.82. The van der Waals surface area contributed by atoms with Gasteiger partial charge in [-0.25, -0.2) is 8.78 Å². The molecule has 0 atom stereocenters. The van der Waals surface area contributed by atoms with Gasteiger partial charge in [-0.2, -0.15) is 0 Å². The van der Waals surface area contributed by atoms with Crippen molar-refractivity contribution in [3.8, 4) is 0 Å². The first kappa shape index (κ1) is 10.3. The Balaban J connectivity index is 3.40. The van der Waals surface area contributed by atoms with E-state index in [1.807, 2.05) is 4.98 Å². The molecular formula is C7H4F2INO2. The van der Waals surface area contributed by atoms with Crippen LogP contribution in [0, 0.1) is 3.57 Å². The topological polar surface area (TPSA) is 49.9 Å². The maximum Gasteiger partial charge on any atom is 0.270 e. The highest BCUT2D eigenvalue weighted by Crippen LogP contribution is 2.20. The van der Waals surface area contributed by atoms with Gasteiger partial charge in [-0.15, -0.1) is 0 Å². The zero-order valence-corrected chi connectivity index (χ0v) is 8.34. The van der Waals surface area contributed by atoms with E-state index in [1.54, 1.807) is 22.6 Å². The number of nitrogens with one attached hydrogen (secondary N) is 1. The maximum atomic E-state index is 12.2. The second-order valence-electron chi connectivity index (χ2n) is 2.23. The first-order valence-corrected chi connectivity index (χ1v) is 4.30. The first-order valence-electron chi connectivity index (χ1n) is 3.22. The van der Waals surface area contributed by atoms with E-state index in [9.17, 15) is 18.4 Å². The predicted molar refractivity (Wildman–Crippen MR) is 50.1 cm³/mol. The average Bonchev–Trinajstić information content (AvgIpc) is 2.02. The summed E-state index contributed by atoms with van der Waals surface area (Å²) in [6.45, 7) is 0. The molecule has 0 aliphatic carbocycles. The van der Waals surface area contributed by atoms with Gasteiger partial charge in [0.15, 0.2) is 6.29 Å². The van der Waals surface area contributed by atoms with Gasteiger partial charge >= 0.3 is 0 Å². The van der Waals surface area contributed by atoms with Crippen molar-refractivity contribution < 1.29 is 13.6 Å². The highest BCUT2D eigenvalue weighted by atomic mass is 127. The van der Waals surface area contributed by atoms with Gasteiger partial charge in [0.25, 0.3) is 12.0 Å². The Labute approximate surface area is 85.3 Å². The minimum absolute atomic E-state index is 0.00111. The Kier molecular flexibility index (Phi) is 3.12. The van der Waals surface area contributed by atoms with Gasteiger partial charge < -0.3 is 4.98 Å². The van der Waals surface area contributed by atoms with Crippen LogP contribution < -0.4 is 5.56 Å². The monoisotopic (exact) mass is 299 g/mol. The Hall–Kier alpha value is -0.790. The number of alkyl halides is 2. The quantitative estimate of drug-likeness (QED) is 0.668. The number of rotatable bonds is 2. The molecule has 1 N–H and O–H groups in total. The molecule has 1 aromatic heterocycles. The molecule has 0 unspecified atom stereocenters. The van der Waals surface area contributed by atoms with E-state index >= 15 is 0 Å². The highest BCUT2D eigenvalue weighted by Gasteiger charge is 2.16. The number of carbonyl (C=O) groups excluding carboxylic acids is 1.